The minimum atomic E-state index is 0.167. The van der Waals surface area contributed by atoms with Gasteiger partial charge in [0.25, 0.3) is 0 Å². The Hall–Kier alpha value is -1.40. The van der Waals surface area contributed by atoms with Crippen LogP contribution in [-0.2, 0) is 9.53 Å². The van der Waals surface area contributed by atoms with Gasteiger partial charge in [-0.1, -0.05) is 0 Å². The lowest BCUT2D eigenvalue weighted by Gasteiger charge is -2.33. The third-order valence-electron chi connectivity index (χ3n) is 4.10. The van der Waals surface area contributed by atoms with Crippen LogP contribution in [0.4, 0.5) is 0 Å². The van der Waals surface area contributed by atoms with Crippen LogP contribution in [0.25, 0.3) is 0 Å². The highest BCUT2D eigenvalue weighted by atomic mass is 16.5. The number of likely N-dealkylation sites (tertiary alicyclic amines) is 1. The van der Waals surface area contributed by atoms with Crippen molar-refractivity contribution in [2.75, 3.05) is 32.8 Å². The number of imidazole rings is 1. The predicted octanol–water partition coefficient (Wildman–Crippen LogP) is 0.494. The summed E-state index contributed by atoms with van der Waals surface area (Å²) in [5.41, 5.74) is 0. The maximum absolute atomic E-state index is 12.4. The summed E-state index contributed by atoms with van der Waals surface area (Å²) in [6, 6.07) is 0.167. The van der Waals surface area contributed by atoms with E-state index in [9.17, 15) is 4.79 Å². The van der Waals surface area contributed by atoms with Crippen LogP contribution in [0.15, 0.2) is 12.4 Å². The van der Waals surface area contributed by atoms with Crippen molar-refractivity contribution in [3.8, 4) is 0 Å². The number of nitrogens with one attached hydrogen (secondary N) is 2. The molecule has 3 rings (SSSR count). The molecule has 6 heteroatoms. The fraction of sp³-hybridized carbons (Fsp3) is 0.714. The molecule has 3 heterocycles. The van der Waals surface area contributed by atoms with E-state index >= 15 is 0 Å². The van der Waals surface area contributed by atoms with Gasteiger partial charge in [0.1, 0.15) is 5.82 Å². The minimum absolute atomic E-state index is 0.167. The molecular formula is C14H22N4O2. The second-order valence-electron chi connectivity index (χ2n) is 5.58. The first kappa shape index (κ1) is 13.6. The quantitative estimate of drug-likeness (QED) is 0.844. The van der Waals surface area contributed by atoms with Gasteiger partial charge in [0.2, 0.25) is 5.91 Å². The Morgan fingerprint density at radius 1 is 1.55 bits per heavy atom. The molecule has 2 aliphatic rings. The average molecular weight is 278 g/mol. The summed E-state index contributed by atoms with van der Waals surface area (Å²) in [6.45, 7) is 3.87. The Kier molecular flexibility index (Phi) is 4.32. The summed E-state index contributed by atoms with van der Waals surface area (Å²) < 4.78 is 5.40. The van der Waals surface area contributed by atoms with E-state index in [1.54, 1.807) is 6.20 Å². The molecule has 0 aromatic carbocycles. The average Bonchev–Trinajstić information content (AvgIpc) is 3.03. The molecule has 0 bridgehead atoms. The topological polar surface area (TPSA) is 70.2 Å². The van der Waals surface area contributed by atoms with Crippen molar-refractivity contribution in [1.29, 1.82) is 0 Å². The zero-order chi connectivity index (χ0) is 13.8. The number of nitrogens with zero attached hydrogens (tertiary/aromatic N) is 2. The standard InChI is InChI=1S/C14H22N4O2/c19-13(8-12-10-20-7-5-15-12)18-6-1-2-11(9-18)14-16-3-4-17-14/h3-4,11-12,15H,1-2,5-10H2,(H,16,17). The smallest absolute Gasteiger partial charge is 0.224 e. The third kappa shape index (κ3) is 3.19. The molecule has 110 valence electrons. The Morgan fingerprint density at radius 2 is 2.50 bits per heavy atom. The molecule has 2 N–H and O–H groups in total. The molecule has 2 unspecified atom stereocenters. The number of aromatic nitrogens is 2. The highest BCUT2D eigenvalue weighted by Crippen LogP contribution is 2.24. The van der Waals surface area contributed by atoms with Crippen LogP contribution in [0.5, 0.6) is 0 Å². The van der Waals surface area contributed by atoms with Gasteiger partial charge < -0.3 is 19.9 Å². The van der Waals surface area contributed by atoms with Crippen LogP contribution in [0.1, 0.15) is 31.0 Å². The molecule has 0 aliphatic carbocycles. The largest absolute Gasteiger partial charge is 0.378 e. The zero-order valence-corrected chi connectivity index (χ0v) is 11.7. The lowest BCUT2D eigenvalue weighted by atomic mass is 9.97. The molecule has 1 amide bonds. The first-order valence-electron chi connectivity index (χ1n) is 7.41. The number of amides is 1. The van der Waals surface area contributed by atoms with Gasteiger partial charge in [-0.2, -0.15) is 0 Å². The number of piperidine rings is 1. The molecule has 2 fully saturated rings. The van der Waals surface area contributed by atoms with E-state index in [1.807, 2.05) is 11.1 Å². The van der Waals surface area contributed by atoms with Gasteiger partial charge in [0, 0.05) is 50.4 Å². The molecule has 6 nitrogen and oxygen atoms in total. The molecule has 1 aromatic heterocycles. The number of morpholine rings is 1. The van der Waals surface area contributed by atoms with E-state index in [0.29, 0.717) is 18.9 Å². The number of ether oxygens (including phenoxy) is 1. The van der Waals surface area contributed by atoms with E-state index in [4.69, 9.17) is 4.74 Å². The minimum Gasteiger partial charge on any atom is -0.378 e. The summed E-state index contributed by atoms with van der Waals surface area (Å²) in [6.07, 6.45) is 6.30. The Morgan fingerprint density at radius 3 is 3.25 bits per heavy atom. The van der Waals surface area contributed by atoms with Gasteiger partial charge in [-0.3, -0.25) is 4.79 Å². The number of rotatable bonds is 3. The van der Waals surface area contributed by atoms with E-state index in [1.165, 1.54) is 0 Å². The first-order valence-corrected chi connectivity index (χ1v) is 7.41. The van der Waals surface area contributed by atoms with Gasteiger partial charge in [-0.05, 0) is 12.8 Å². The number of carbonyl (C=O) groups is 1. The summed E-state index contributed by atoms with van der Waals surface area (Å²) in [4.78, 5) is 21.9. The van der Waals surface area contributed by atoms with Gasteiger partial charge in [0.05, 0.1) is 13.2 Å². The Balaban J connectivity index is 1.54. The monoisotopic (exact) mass is 278 g/mol. The van der Waals surface area contributed by atoms with E-state index in [-0.39, 0.29) is 11.9 Å². The lowest BCUT2D eigenvalue weighted by molar-refractivity contribution is -0.133. The van der Waals surface area contributed by atoms with Crippen LogP contribution < -0.4 is 5.32 Å². The van der Waals surface area contributed by atoms with Gasteiger partial charge >= 0.3 is 0 Å². The van der Waals surface area contributed by atoms with Crippen LogP contribution >= 0.6 is 0 Å². The zero-order valence-electron chi connectivity index (χ0n) is 11.7. The van der Waals surface area contributed by atoms with Crippen molar-refractivity contribution in [2.24, 2.45) is 0 Å². The number of hydrogen-bond donors (Lipinski definition) is 2. The van der Waals surface area contributed by atoms with Crippen LogP contribution in [0.2, 0.25) is 0 Å². The second-order valence-corrected chi connectivity index (χ2v) is 5.58. The highest BCUT2D eigenvalue weighted by Gasteiger charge is 2.27. The summed E-state index contributed by atoms with van der Waals surface area (Å²) in [5.74, 6) is 1.57. The van der Waals surface area contributed by atoms with Crippen molar-refractivity contribution in [3.63, 3.8) is 0 Å². The van der Waals surface area contributed by atoms with Crippen LogP contribution in [0.3, 0.4) is 0 Å². The molecule has 20 heavy (non-hydrogen) atoms. The second kappa shape index (κ2) is 6.37. The number of aromatic amines is 1. The van der Waals surface area contributed by atoms with Crippen molar-refractivity contribution >= 4 is 5.91 Å². The molecular weight excluding hydrogens is 256 g/mol. The molecule has 0 radical (unpaired) electrons. The van der Waals surface area contributed by atoms with E-state index in [0.717, 1.165) is 44.9 Å². The maximum atomic E-state index is 12.4. The van der Waals surface area contributed by atoms with E-state index < -0.39 is 0 Å². The van der Waals surface area contributed by atoms with E-state index in [2.05, 4.69) is 15.3 Å². The highest BCUT2D eigenvalue weighted by molar-refractivity contribution is 5.77. The molecule has 2 atom stereocenters. The lowest BCUT2D eigenvalue weighted by Crippen LogP contribution is -2.46. The molecule has 2 aliphatic heterocycles. The molecule has 0 saturated carbocycles. The van der Waals surface area contributed by atoms with Crippen molar-refractivity contribution in [1.82, 2.24) is 20.2 Å². The third-order valence-corrected chi connectivity index (χ3v) is 4.10. The Labute approximate surface area is 118 Å². The number of carbonyl (C=O) groups excluding carboxylic acids is 1. The van der Waals surface area contributed by atoms with Crippen molar-refractivity contribution in [2.45, 2.75) is 31.2 Å². The first-order chi connectivity index (χ1) is 9.83. The summed E-state index contributed by atoms with van der Waals surface area (Å²) in [5, 5.41) is 3.34. The number of hydrogen-bond acceptors (Lipinski definition) is 4. The fourth-order valence-electron chi connectivity index (χ4n) is 3.02. The number of H-pyrrole nitrogens is 1. The molecule has 1 aromatic rings. The molecule has 0 spiro atoms. The predicted molar refractivity (Wildman–Crippen MR) is 74.4 cm³/mol. The molecule has 2 saturated heterocycles. The maximum Gasteiger partial charge on any atom is 0.224 e. The Bertz CT molecular complexity index is 428. The fourth-order valence-corrected chi connectivity index (χ4v) is 3.02. The normalized spacial score (nSPS) is 27.5. The van der Waals surface area contributed by atoms with Gasteiger partial charge in [-0.25, -0.2) is 4.98 Å². The SMILES string of the molecule is O=C(CC1COCCN1)N1CCCC(c2ncc[nH]2)C1. The van der Waals surface area contributed by atoms with Gasteiger partial charge in [0.15, 0.2) is 0 Å². The van der Waals surface area contributed by atoms with Crippen LogP contribution in [0, 0.1) is 0 Å². The van der Waals surface area contributed by atoms with Crippen molar-refractivity contribution in [3.05, 3.63) is 18.2 Å². The van der Waals surface area contributed by atoms with Crippen LogP contribution in [-0.4, -0.2) is 59.7 Å². The summed E-state index contributed by atoms with van der Waals surface area (Å²) in [7, 11) is 0. The summed E-state index contributed by atoms with van der Waals surface area (Å²) >= 11 is 0. The van der Waals surface area contributed by atoms with Gasteiger partial charge in [-0.15, -0.1) is 0 Å². The van der Waals surface area contributed by atoms with Crippen molar-refractivity contribution < 1.29 is 9.53 Å².